The summed E-state index contributed by atoms with van der Waals surface area (Å²) in [5.74, 6) is 0.163. The molecule has 1 rings (SSSR count). The molecule has 118 valence electrons. The fraction of sp³-hybridized carbons (Fsp3) is 0.235. The quantitative estimate of drug-likeness (QED) is 0.343. The lowest BCUT2D eigenvalue weighted by atomic mass is 10.1. The van der Waals surface area contributed by atoms with Gasteiger partial charge in [0.15, 0.2) is 0 Å². The second kappa shape index (κ2) is 8.95. The second-order valence-corrected chi connectivity index (χ2v) is 4.77. The zero-order valence-corrected chi connectivity index (χ0v) is 13.8. The number of esters is 1. The minimum absolute atomic E-state index is 0.364. The van der Waals surface area contributed by atoms with Crippen LogP contribution < -0.4 is 4.74 Å². The molecule has 0 radical (unpaired) electrons. The molecule has 0 heterocycles. The van der Waals surface area contributed by atoms with Crippen LogP contribution in [-0.4, -0.2) is 27.3 Å². The zero-order valence-electron chi connectivity index (χ0n) is 13.1. The second-order valence-electron chi connectivity index (χ2n) is 4.36. The van der Waals surface area contributed by atoms with E-state index in [0.717, 1.165) is 11.1 Å². The van der Waals surface area contributed by atoms with Gasteiger partial charge < -0.3 is 14.2 Å². The minimum Gasteiger partial charge on any atom is -0.503 e. The molecule has 0 aliphatic rings. The van der Waals surface area contributed by atoms with E-state index in [1.807, 2.05) is 24.3 Å². The van der Waals surface area contributed by atoms with Crippen molar-refractivity contribution in [3.63, 3.8) is 0 Å². The number of rotatable bonds is 6. The Bertz CT molecular complexity index is 615. The average molecular weight is 323 g/mol. The van der Waals surface area contributed by atoms with Crippen LogP contribution in [0, 0.1) is 0 Å². The molecular formula is C17H19ClO4. The van der Waals surface area contributed by atoms with Crippen LogP contribution in [0.15, 0.2) is 47.8 Å². The van der Waals surface area contributed by atoms with E-state index in [0.29, 0.717) is 16.3 Å². The maximum atomic E-state index is 11.6. The summed E-state index contributed by atoms with van der Waals surface area (Å²) in [4.78, 5) is 11.6. The molecular weight excluding hydrogens is 304 g/mol. The van der Waals surface area contributed by atoms with Crippen molar-refractivity contribution in [1.82, 2.24) is 0 Å². The van der Waals surface area contributed by atoms with Gasteiger partial charge in [-0.05, 0) is 30.2 Å². The number of ether oxygens (including phenoxy) is 3. The van der Waals surface area contributed by atoms with Gasteiger partial charge in [0, 0.05) is 0 Å². The van der Waals surface area contributed by atoms with Gasteiger partial charge in [-0.1, -0.05) is 35.9 Å². The van der Waals surface area contributed by atoms with Gasteiger partial charge in [0.2, 0.25) is 0 Å². The third kappa shape index (κ3) is 4.97. The van der Waals surface area contributed by atoms with Gasteiger partial charge in [-0.2, -0.15) is 0 Å². The number of halogens is 1. The Balaban J connectivity index is 2.94. The molecule has 0 saturated carbocycles. The molecule has 22 heavy (non-hydrogen) atoms. The maximum Gasteiger partial charge on any atom is 0.341 e. The molecule has 0 aromatic heterocycles. The van der Waals surface area contributed by atoms with Crippen molar-refractivity contribution in [2.24, 2.45) is 0 Å². The first kappa shape index (κ1) is 17.9. The molecule has 0 bridgehead atoms. The predicted octanol–water partition coefficient (Wildman–Crippen LogP) is 4.01. The normalized spacial score (nSPS) is 12.4. The van der Waals surface area contributed by atoms with Crippen LogP contribution in [0.2, 0.25) is 5.02 Å². The molecule has 0 amide bonds. The number of methoxy groups -OCH3 is 3. The van der Waals surface area contributed by atoms with E-state index in [1.54, 1.807) is 26.2 Å². The molecule has 0 unspecified atom stereocenters. The summed E-state index contributed by atoms with van der Waals surface area (Å²) in [5, 5.41) is 0.558. The van der Waals surface area contributed by atoms with Crippen molar-refractivity contribution in [3.05, 3.63) is 58.3 Å². The number of allylic oxidation sites excluding steroid dienone is 2. The Morgan fingerprint density at radius 1 is 1.23 bits per heavy atom. The van der Waals surface area contributed by atoms with Crippen LogP contribution in [0.25, 0.3) is 6.08 Å². The summed E-state index contributed by atoms with van der Waals surface area (Å²) < 4.78 is 14.8. The van der Waals surface area contributed by atoms with Gasteiger partial charge >= 0.3 is 5.97 Å². The Morgan fingerprint density at radius 2 is 1.95 bits per heavy atom. The van der Waals surface area contributed by atoms with Crippen LogP contribution in [0.1, 0.15) is 12.5 Å². The van der Waals surface area contributed by atoms with E-state index in [-0.39, 0.29) is 0 Å². The Hall–Kier alpha value is -2.20. The van der Waals surface area contributed by atoms with Crippen molar-refractivity contribution >= 4 is 23.6 Å². The molecule has 4 nitrogen and oxygen atoms in total. The van der Waals surface area contributed by atoms with E-state index in [2.05, 4.69) is 0 Å². The lowest BCUT2D eigenvalue weighted by Gasteiger charge is -2.05. The third-order valence-corrected chi connectivity index (χ3v) is 3.19. The van der Waals surface area contributed by atoms with Crippen molar-refractivity contribution in [2.75, 3.05) is 21.3 Å². The first-order chi connectivity index (χ1) is 10.5. The highest BCUT2D eigenvalue weighted by atomic mass is 35.5. The van der Waals surface area contributed by atoms with E-state index < -0.39 is 5.97 Å². The smallest absolute Gasteiger partial charge is 0.341 e. The number of carbonyl (C=O) groups is 1. The summed E-state index contributed by atoms with van der Waals surface area (Å²) in [6, 6.07) is 5.46. The fourth-order valence-corrected chi connectivity index (χ4v) is 1.90. The summed E-state index contributed by atoms with van der Waals surface area (Å²) in [5.41, 5.74) is 2.02. The van der Waals surface area contributed by atoms with Gasteiger partial charge in [0.05, 0.1) is 38.2 Å². The van der Waals surface area contributed by atoms with Gasteiger partial charge in [0.25, 0.3) is 0 Å². The summed E-state index contributed by atoms with van der Waals surface area (Å²) in [7, 11) is 4.37. The van der Waals surface area contributed by atoms with Crippen molar-refractivity contribution in [2.45, 2.75) is 6.92 Å². The van der Waals surface area contributed by atoms with Crippen LogP contribution in [0.3, 0.4) is 0 Å². The molecule has 1 aromatic carbocycles. The molecule has 5 heteroatoms. The number of carbonyl (C=O) groups excluding carboxylic acids is 1. The van der Waals surface area contributed by atoms with Gasteiger partial charge in [-0.25, -0.2) is 4.79 Å². The summed E-state index contributed by atoms with van der Waals surface area (Å²) in [6.45, 7) is 1.80. The van der Waals surface area contributed by atoms with Gasteiger partial charge in [-0.3, -0.25) is 0 Å². The SMILES string of the molecule is COC=C(C(=O)OC)/C(C)=C/C=C/c1ccc(Cl)c(OC)c1. The molecule has 0 saturated heterocycles. The first-order valence-corrected chi connectivity index (χ1v) is 6.91. The molecule has 0 aliphatic heterocycles. The molecule has 0 fully saturated rings. The highest BCUT2D eigenvalue weighted by Crippen LogP contribution is 2.25. The molecule has 0 aliphatic carbocycles. The van der Waals surface area contributed by atoms with Gasteiger partial charge in [-0.15, -0.1) is 0 Å². The number of hydrogen-bond donors (Lipinski definition) is 0. The van der Waals surface area contributed by atoms with E-state index in [4.69, 9.17) is 25.8 Å². The first-order valence-electron chi connectivity index (χ1n) is 6.53. The standard InChI is InChI=1S/C17H19ClO4/c1-12(14(11-20-2)17(19)22-4)6-5-7-13-8-9-15(18)16(10-13)21-3/h5-11H,1-4H3/b7-5+,12-6+,14-11?. The summed E-state index contributed by atoms with van der Waals surface area (Å²) >= 11 is 5.97. The predicted molar refractivity (Wildman–Crippen MR) is 87.9 cm³/mol. The molecule has 0 atom stereocenters. The zero-order chi connectivity index (χ0) is 16.5. The average Bonchev–Trinajstić information content (AvgIpc) is 2.53. The van der Waals surface area contributed by atoms with E-state index >= 15 is 0 Å². The molecule has 0 spiro atoms. The van der Waals surface area contributed by atoms with E-state index in [9.17, 15) is 4.79 Å². The number of benzene rings is 1. The van der Waals surface area contributed by atoms with Crippen molar-refractivity contribution in [3.8, 4) is 5.75 Å². The highest BCUT2D eigenvalue weighted by molar-refractivity contribution is 6.32. The molecule has 1 aromatic rings. The van der Waals surface area contributed by atoms with Crippen LogP contribution in [-0.2, 0) is 14.3 Å². The molecule has 0 N–H and O–H groups in total. The lowest BCUT2D eigenvalue weighted by Crippen LogP contribution is -2.06. The monoisotopic (exact) mass is 322 g/mol. The summed E-state index contributed by atoms with van der Waals surface area (Å²) in [6.07, 6.45) is 6.86. The minimum atomic E-state index is -0.447. The van der Waals surface area contributed by atoms with Crippen LogP contribution >= 0.6 is 11.6 Å². The topological polar surface area (TPSA) is 44.8 Å². The Kier molecular flexibility index (Phi) is 7.26. The van der Waals surface area contributed by atoms with E-state index in [1.165, 1.54) is 20.5 Å². The highest BCUT2D eigenvalue weighted by Gasteiger charge is 2.11. The van der Waals surface area contributed by atoms with Crippen LogP contribution in [0.5, 0.6) is 5.75 Å². The fourth-order valence-electron chi connectivity index (χ4n) is 1.70. The Labute approximate surface area is 135 Å². The largest absolute Gasteiger partial charge is 0.503 e. The third-order valence-electron chi connectivity index (χ3n) is 2.88. The lowest BCUT2D eigenvalue weighted by molar-refractivity contribution is -0.135. The number of hydrogen-bond acceptors (Lipinski definition) is 4. The van der Waals surface area contributed by atoms with Crippen molar-refractivity contribution < 1.29 is 19.0 Å². The van der Waals surface area contributed by atoms with Crippen molar-refractivity contribution in [1.29, 1.82) is 0 Å². The Morgan fingerprint density at radius 3 is 2.55 bits per heavy atom. The maximum absolute atomic E-state index is 11.6. The van der Waals surface area contributed by atoms with Crippen LogP contribution in [0.4, 0.5) is 0 Å². The van der Waals surface area contributed by atoms with Gasteiger partial charge in [0.1, 0.15) is 5.75 Å².